The lowest BCUT2D eigenvalue weighted by molar-refractivity contribution is -0.138. The number of hydrogen-bond donors (Lipinski definition) is 2. The predicted molar refractivity (Wildman–Crippen MR) is 131 cm³/mol. The molecule has 5 rings (SSSR count). The SMILES string of the molecule is CCc1c(N)ccc2nc3c(c(CC[Si](C)(C)C)c12)Cn1c-3cc2c(c1=O)OC(=O)C[C@H]2O. The first-order valence-corrected chi connectivity index (χ1v) is 15.2. The quantitative estimate of drug-likeness (QED) is 0.271. The third kappa shape index (κ3) is 3.48. The third-order valence-electron chi connectivity index (χ3n) is 6.77. The van der Waals surface area contributed by atoms with Gasteiger partial charge in [-0.3, -0.25) is 14.2 Å². The summed E-state index contributed by atoms with van der Waals surface area (Å²) in [4.78, 5) is 30.1. The molecule has 33 heavy (non-hydrogen) atoms. The number of benzene rings is 1. The Labute approximate surface area is 193 Å². The average Bonchev–Trinajstić information content (AvgIpc) is 3.10. The Morgan fingerprint density at radius 2 is 2.00 bits per heavy atom. The number of ether oxygens (including phenoxy) is 1. The van der Waals surface area contributed by atoms with Gasteiger partial charge in [-0.2, -0.15) is 0 Å². The molecule has 7 nitrogen and oxygen atoms in total. The summed E-state index contributed by atoms with van der Waals surface area (Å²) >= 11 is 0. The van der Waals surface area contributed by atoms with Crippen molar-refractivity contribution in [1.82, 2.24) is 9.55 Å². The van der Waals surface area contributed by atoms with Gasteiger partial charge >= 0.3 is 5.97 Å². The second-order valence-corrected chi connectivity index (χ2v) is 15.9. The van der Waals surface area contributed by atoms with E-state index in [2.05, 4.69) is 26.6 Å². The zero-order valence-corrected chi connectivity index (χ0v) is 20.5. The van der Waals surface area contributed by atoms with E-state index >= 15 is 0 Å². The van der Waals surface area contributed by atoms with Crippen molar-refractivity contribution < 1.29 is 14.6 Å². The molecular formula is C25H29N3O4Si. The van der Waals surface area contributed by atoms with Crippen LogP contribution in [0.15, 0.2) is 23.0 Å². The lowest BCUT2D eigenvalue weighted by Gasteiger charge is -2.21. The highest BCUT2D eigenvalue weighted by Crippen LogP contribution is 2.41. The van der Waals surface area contributed by atoms with Crippen LogP contribution >= 0.6 is 0 Å². The summed E-state index contributed by atoms with van der Waals surface area (Å²) in [7, 11) is -1.34. The maximum Gasteiger partial charge on any atom is 0.314 e. The largest absolute Gasteiger partial charge is 0.420 e. The van der Waals surface area contributed by atoms with E-state index < -0.39 is 25.7 Å². The van der Waals surface area contributed by atoms with Crippen LogP contribution in [0.4, 0.5) is 5.69 Å². The van der Waals surface area contributed by atoms with Crippen molar-refractivity contribution >= 4 is 30.6 Å². The van der Waals surface area contributed by atoms with Crippen molar-refractivity contribution in [2.75, 3.05) is 5.73 Å². The van der Waals surface area contributed by atoms with E-state index in [1.807, 2.05) is 12.1 Å². The molecule has 3 aromatic rings. The van der Waals surface area contributed by atoms with Crippen molar-refractivity contribution in [1.29, 1.82) is 0 Å². The predicted octanol–water partition coefficient (Wildman–Crippen LogP) is 3.79. The smallest absolute Gasteiger partial charge is 0.314 e. The number of carbonyl (C=O) groups excluding carboxylic acids is 1. The molecular weight excluding hydrogens is 434 g/mol. The summed E-state index contributed by atoms with van der Waals surface area (Å²) in [6.45, 7) is 9.54. The molecule has 0 unspecified atom stereocenters. The van der Waals surface area contributed by atoms with E-state index in [0.29, 0.717) is 17.8 Å². The van der Waals surface area contributed by atoms with Gasteiger partial charge in [0.05, 0.1) is 36.0 Å². The van der Waals surface area contributed by atoms with Crippen molar-refractivity contribution in [2.24, 2.45) is 0 Å². The Kier molecular flexibility index (Phi) is 4.99. The fraction of sp³-hybridized carbons (Fsp3) is 0.400. The number of aryl methyl sites for hydroxylation is 2. The number of pyridine rings is 2. The van der Waals surface area contributed by atoms with Gasteiger partial charge in [-0.1, -0.05) is 32.6 Å². The van der Waals surface area contributed by atoms with Crippen LogP contribution in [-0.4, -0.2) is 28.7 Å². The van der Waals surface area contributed by atoms with Gasteiger partial charge in [0.1, 0.15) is 0 Å². The number of nitrogens with zero attached hydrogens (tertiary/aromatic N) is 2. The zero-order valence-electron chi connectivity index (χ0n) is 19.5. The molecule has 2 aliphatic heterocycles. The number of aromatic nitrogens is 2. The molecule has 1 atom stereocenters. The van der Waals surface area contributed by atoms with Crippen LogP contribution < -0.4 is 16.0 Å². The third-order valence-corrected chi connectivity index (χ3v) is 8.52. The Morgan fingerprint density at radius 1 is 1.24 bits per heavy atom. The molecule has 3 N–H and O–H groups in total. The first-order chi connectivity index (χ1) is 15.6. The van der Waals surface area contributed by atoms with Gasteiger partial charge in [0, 0.05) is 30.3 Å². The summed E-state index contributed by atoms with van der Waals surface area (Å²) in [6, 6.07) is 6.73. The van der Waals surface area contributed by atoms with Crippen LogP contribution in [0.25, 0.3) is 22.3 Å². The lowest BCUT2D eigenvalue weighted by Crippen LogP contribution is -2.30. The number of esters is 1. The summed E-state index contributed by atoms with van der Waals surface area (Å²) < 4.78 is 6.86. The summed E-state index contributed by atoms with van der Waals surface area (Å²) in [5.74, 6) is -0.659. The van der Waals surface area contributed by atoms with Crippen LogP contribution in [0.5, 0.6) is 5.75 Å². The monoisotopic (exact) mass is 463 g/mol. The number of carbonyl (C=O) groups is 1. The highest BCUT2D eigenvalue weighted by Gasteiger charge is 2.34. The molecule has 2 aromatic heterocycles. The summed E-state index contributed by atoms with van der Waals surface area (Å²) in [6.07, 6.45) is 0.483. The van der Waals surface area contributed by atoms with E-state index in [9.17, 15) is 14.7 Å². The molecule has 2 aliphatic rings. The Balaban J connectivity index is 1.79. The average molecular weight is 464 g/mol. The van der Waals surface area contributed by atoms with E-state index in [4.69, 9.17) is 15.5 Å². The summed E-state index contributed by atoms with van der Waals surface area (Å²) in [5, 5.41) is 11.6. The fourth-order valence-corrected chi connectivity index (χ4v) is 6.03. The van der Waals surface area contributed by atoms with Crippen molar-refractivity contribution in [2.45, 2.75) is 64.5 Å². The first kappa shape index (κ1) is 21.9. The maximum atomic E-state index is 13.3. The van der Waals surface area contributed by atoms with Gasteiger partial charge in [-0.25, -0.2) is 4.98 Å². The van der Waals surface area contributed by atoms with E-state index in [0.717, 1.165) is 52.3 Å². The Bertz CT molecular complexity index is 1390. The Morgan fingerprint density at radius 3 is 2.70 bits per heavy atom. The van der Waals surface area contributed by atoms with E-state index in [1.165, 1.54) is 5.56 Å². The van der Waals surface area contributed by atoms with Crippen LogP contribution in [0.3, 0.4) is 0 Å². The van der Waals surface area contributed by atoms with Crippen LogP contribution in [0.2, 0.25) is 25.7 Å². The van der Waals surface area contributed by atoms with E-state index in [-0.39, 0.29) is 12.2 Å². The molecule has 4 heterocycles. The van der Waals surface area contributed by atoms with Crippen LogP contribution in [0.1, 0.15) is 41.7 Å². The minimum Gasteiger partial charge on any atom is -0.420 e. The number of rotatable bonds is 4. The normalized spacial score (nSPS) is 17.0. The molecule has 8 heteroatoms. The number of nitrogens with two attached hydrogens (primary N) is 1. The number of nitrogen functional groups attached to an aromatic ring is 1. The number of aliphatic hydroxyl groups excluding tert-OH is 1. The molecule has 0 saturated carbocycles. The molecule has 172 valence electrons. The molecule has 0 fully saturated rings. The number of aliphatic hydroxyl groups is 1. The van der Waals surface area contributed by atoms with E-state index in [1.54, 1.807) is 10.6 Å². The zero-order chi connectivity index (χ0) is 23.7. The van der Waals surface area contributed by atoms with Crippen molar-refractivity contribution in [3.05, 3.63) is 50.8 Å². The van der Waals surface area contributed by atoms with Gasteiger partial charge in [0.15, 0.2) is 0 Å². The van der Waals surface area contributed by atoms with Gasteiger partial charge in [-0.05, 0) is 42.2 Å². The number of fused-ring (bicyclic) bond motifs is 5. The Hall–Kier alpha value is -2.97. The number of anilines is 1. The summed E-state index contributed by atoms with van der Waals surface area (Å²) in [5.41, 5.74) is 12.7. The van der Waals surface area contributed by atoms with Crippen LogP contribution in [0, 0.1) is 0 Å². The molecule has 0 aliphatic carbocycles. The molecule has 0 spiro atoms. The lowest BCUT2D eigenvalue weighted by atomic mass is 9.93. The van der Waals surface area contributed by atoms with Gasteiger partial charge in [-0.15, -0.1) is 0 Å². The molecule has 0 amide bonds. The van der Waals surface area contributed by atoms with Gasteiger partial charge < -0.3 is 15.6 Å². The highest BCUT2D eigenvalue weighted by atomic mass is 28.3. The minimum absolute atomic E-state index is 0.0676. The molecule has 0 radical (unpaired) electrons. The maximum absolute atomic E-state index is 13.3. The van der Waals surface area contributed by atoms with Gasteiger partial charge in [0.2, 0.25) is 5.75 Å². The van der Waals surface area contributed by atoms with Crippen molar-refractivity contribution in [3.63, 3.8) is 0 Å². The standard InChI is InChI=1S/C25H29N3O4Si/c1-5-13-17(26)6-7-18-22(13)14(8-9-33(2,3)4)16-12-28-19(23(16)27-18)10-15-20(29)11-21(30)32-24(15)25(28)31/h6-7,10,20,29H,5,8-9,11-12,26H2,1-4H3/t20-/m1/s1. The number of hydrogen-bond acceptors (Lipinski definition) is 6. The van der Waals surface area contributed by atoms with Gasteiger partial charge in [0.25, 0.3) is 5.56 Å². The first-order valence-electron chi connectivity index (χ1n) is 11.5. The fourth-order valence-electron chi connectivity index (χ4n) is 5.03. The second kappa shape index (κ2) is 7.53. The van der Waals surface area contributed by atoms with Crippen LogP contribution in [-0.2, 0) is 24.2 Å². The second-order valence-electron chi connectivity index (χ2n) is 10.3. The van der Waals surface area contributed by atoms with Crippen molar-refractivity contribution in [3.8, 4) is 17.1 Å². The topological polar surface area (TPSA) is 107 Å². The molecule has 0 saturated heterocycles. The molecule has 0 bridgehead atoms. The highest BCUT2D eigenvalue weighted by molar-refractivity contribution is 6.76. The minimum atomic E-state index is -1.34. The molecule has 1 aromatic carbocycles.